The molecule has 0 aromatic heterocycles. The monoisotopic (exact) mass is 303 g/mol. The van der Waals surface area contributed by atoms with Gasteiger partial charge in [0.1, 0.15) is 0 Å². The molecule has 1 aromatic carbocycles. The van der Waals surface area contributed by atoms with Gasteiger partial charge in [0, 0.05) is 10.5 Å². The van der Waals surface area contributed by atoms with Gasteiger partial charge in [0.05, 0.1) is 5.02 Å². The number of hydrogen-bond donors (Lipinski definition) is 1. The molecule has 0 amide bonds. The summed E-state index contributed by atoms with van der Waals surface area (Å²) < 4.78 is 0.956. The van der Waals surface area contributed by atoms with Crippen molar-refractivity contribution in [3.63, 3.8) is 0 Å². The molecule has 0 aliphatic carbocycles. The average molecular weight is 305 g/mol. The number of hydrogen-bond acceptors (Lipinski definition) is 1. The highest BCUT2D eigenvalue weighted by molar-refractivity contribution is 9.10. The maximum absolute atomic E-state index is 6.13. The van der Waals surface area contributed by atoms with Gasteiger partial charge < -0.3 is 5.32 Å². The third-order valence-corrected chi connectivity index (χ3v) is 4.17. The Balaban J connectivity index is 2.96. The van der Waals surface area contributed by atoms with Crippen molar-refractivity contribution in [2.75, 3.05) is 6.54 Å². The molecule has 90 valence electrons. The van der Waals surface area contributed by atoms with Crippen LogP contribution in [0.5, 0.6) is 0 Å². The lowest BCUT2D eigenvalue weighted by Gasteiger charge is -2.24. The number of halogens is 2. The van der Waals surface area contributed by atoms with Crippen LogP contribution in [0.4, 0.5) is 0 Å². The predicted octanol–water partition coefficient (Wildman–Crippen LogP) is 4.80. The van der Waals surface area contributed by atoms with Crippen LogP contribution in [0.1, 0.15) is 38.8 Å². The fourth-order valence-electron chi connectivity index (χ4n) is 1.81. The van der Waals surface area contributed by atoms with E-state index in [1.165, 1.54) is 5.56 Å². The smallest absolute Gasteiger partial charge is 0.0551 e. The van der Waals surface area contributed by atoms with Crippen LogP contribution in [-0.4, -0.2) is 6.54 Å². The molecule has 0 aliphatic heterocycles. The van der Waals surface area contributed by atoms with Gasteiger partial charge in [-0.1, -0.05) is 44.9 Å². The van der Waals surface area contributed by atoms with Crippen molar-refractivity contribution in [1.82, 2.24) is 5.32 Å². The van der Waals surface area contributed by atoms with Crippen LogP contribution >= 0.6 is 27.5 Å². The zero-order valence-electron chi connectivity index (χ0n) is 10.1. The first kappa shape index (κ1) is 14.0. The van der Waals surface area contributed by atoms with Gasteiger partial charge in [-0.05, 0) is 46.1 Å². The molecule has 0 heterocycles. The molecule has 0 saturated carbocycles. The summed E-state index contributed by atoms with van der Waals surface area (Å²) in [5.74, 6) is 0.609. The van der Waals surface area contributed by atoms with Gasteiger partial charge in [0.25, 0.3) is 0 Å². The first-order valence-electron chi connectivity index (χ1n) is 5.78. The van der Waals surface area contributed by atoms with Gasteiger partial charge in [-0.25, -0.2) is 0 Å². The van der Waals surface area contributed by atoms with Gasteiger partial charge in [-0.2, -0.15) is 0 Å². The summed E-state index contributed by atoms with van der Waals surface area (Å²) in [7, 11) is 0. The van der Waals surface area contributed by atoms with Crippen LogP contribution in [0.25, 0.3) is 0 Å². The predicted molar refractivity (Wildman–Crippen MR) is 75.0 cm³/mol. The fraction of sp³-hybridized carbons (Fsp3) is 0.538. The van der Waals surface area contributed by atoms with Crippen LogP contribution < -0.4 is 5.32 Å². The van der Waals surface area contributed by atoms with E-state index < -0.39 is 0 Å². The molecule has 0 fully saturated rings. The van der Waals surface area contributed by atoms with E-state index in [0.29, 0.717) is 12.0 Å². The van der Waals surface area contributed by atoms with Gasteiger partial charge in [-0.3, -0.25) is 0 Å². The first-order chi connectivity index (χ1) is 7.60. The fourth-order valence-corrected chi connectivity index (χ4v) is 2.24. The Hall–Kier alpha value is -0.0500. The minimum atomic E-state index is 0.389. The first-order valence-corrected chi connectivity index (χ1v) is 6.95. The van der Waals surface area contributed by atoms with Gasteiger partial charge in [-0.15, -0.1) is 0 Å². The van der Waals surface area contributed by atoms with Crippen molar-refractivity contribution in [2.45, 2.75) is 33.2 Å². The normalized spacial score (nSPS) is 14.8. The van der Waals surface area contributed by atoms with Crippen molar-refractivity contribution in [3.05, 3.63) is 33.3 Å². The van der Waals surface area contributed by atoms with Crippen molar-refractivity contribution >= 4 is 27.5 Å². The number of rotatable bonds is 5. The minimum Gasteiger partial charge on any atom is -0.310 e. The van der Waals surface area contributed by atoms with Crippen LogP contribution in [0, 0.1) is 5.92 Å². The van der Waals surface area contributed by atoms with E-state index in [0.717, 1.165) is 22.5 Å². The van der Waals surface area contributed by atoms with Crippen LogP contribution in [-0.2, 0) is 0 Å². The molecule has 0 aliphatic rings. The Kier molecular flexibility index (Phi) is 5.81. The summed E-state index contributed by atoms with van der Waals surface area (Å²) in [4.78, 5) is 0. The zero-order valence-corrected chi connectivity index (χ0v) is 12.4. The molecule has 1 rings (SSSR count). The third-order valence-electron chi connectivity index (χ3n) is 2.94. The van der Waals surface area contributed by atoms with E-state index in [9.17, 15) is 0 Å². The summed E-state index contributed by atoms with van der Waals surface area (Å²) in [6.45, 7) is 7.59. The quantitative estimate of drug-likeness (QED) is 0.824. The molecule has 1 N–H and O–H groups in total. The highest BCUT2D eigenvalue weighted by Crippen LogP contribution is 2.30. The maximum atomic E-state index is 6.13. The molecule has 2 atom stereocenters. The van der Waals surface area contributed by atoms with Crippen LogP contribution in [0.3, 0.4) is 0 Å². The van der Waals surface area contributed by atoms with Gasteiger partial charge in [0.2, 0.25) is 0 Å². The second-order valence-corrected chi connectivity index (χ2v) is 5.36. The number of benzene rings is 1. The van der Waals surface area contributed by atoms with Crippen LogP contribution in [0.2, 0.25) is 5.02 Å². The number of nitrogens with one attached hydrogen (secondary N) is 1. The summed E-state index contributed by atoms with van der Waals surface area (Å²) in [5.41, 5.74) is 1.27. The van der Waals surface area contributed by atoms with Crippen molar-refractivity contribution in [1.29, 1.82) is 0 Å². The molecule has 3 heteroatoms. The van der Waals surface area contributed by atoms with Crippen LogP contribution in [0.15, 0.2) is 22.7 Å². The molecule has 16 heavy (non-hydrogen) atoms. The Labute approximate surface area is 112 Å². The van der Waals surface area contributed by atoms with E-state index in [4.69, 9.17) is 11.6 Å². The topological polar surface area (TPSA) is 12.0 Å². The summed E-state index contributed by atoms with van der Waals surface area (Å²) in [6, 6.07) is 6.59. The second-order valence-electron chi connectivity index (χ2n) is 4.09. The maximum Gasteiger partial charge on any atom is 0.0551 e. The Morgan fingerprint density at radius 2 is 2.06 bits per heavy atom. The van der Waals surface area contributed by atoms with Gasteiger partial charge in [0.15, 0.2) is 0 Å². The molecule has 0 saturated heterocycles. The molecule has 0 radical (unpaired) electrons. The third kappa shape index (κ3) is 3.47. The summed E-state index contributed by atoms with van der Waals surface area (Å²) in [5, 5.41) is 4.30. The highest BCUT2D eigenvalue weighted by Gasteiger charge is 2.17. The Morgan fingerprint density at radius 3 is 2.56 bits per heavy atom. The van der Waals surface area contributed by atoms with E-state index in [1.54, 1.807) is 0 Å². The lowest BCUT2D eigenvalue weighted by atomic mass is 9.92. The standard InChI is InChI=1S/C13H19BrClN/c1-4-9(3)13(16-5-2)10-6-7-11(14)12(15)8-10/h6-9,13,16H,4-5H2,1-3H3. The highest BCUT2D eigenvalue weighted by atomic mass is 79.9. The summed E-state index contributed by atoms with van der Waals surface area (Å²) in [6.07, 6.45) is 1.16. The molecular weight excluding hydrogens is 286 g/mol. The van der Waals surface area contributed by atoms with Gasteiger partial charge >= 0.3 is 0 Å². The molecule has 1 aromatic rings. The molecule has 1 nitrogen and oxygen atoms in total. The lowest BCUT2D eigenvalue weighted by Crippen LogP contribution is -2.26. The molecule has 0 spiro atoms. The zero-order chi connectivity index (χ0) is 12.1. The lowest BCUT2D eigenvalue weighted by molar-refractivity contribution is 0.384. The summed E-state index contributed by atoms with van der Waals surface area (Å²) >= 11 is 9.55. The van der Waals surface area contributed by atoms with E-state index in [-0.39, 0.29) is 0 Å². The average Bonchev–Trinajstić information content (AvgIpc) is 2.29. The van der Waals surface area contributed by atoms with E-state index >= 15 is 0 Å². The minimum absolute atomic E-state index is 0.389. The van der Waals surface area contributed by atoms with E-state index in [2.05, 4.69) is 48.1 Å². The largest absolute Gasteiger partial charge is 0.310 e. The van der Waals surface area contributed by atoms with Crippen molar-refractivity contribution < 1.29 is 0 Å². The SMILES string of the molecule is CCNC(c1ccc(Br)c(Cl)c1)C(C)CC. The van der Waals surface area contributed by atoms with Crippen molar-refractivity contribution in [2.24, 2.45) is 5.92 Å². The molecular formula is C13H19BrClN. The molecule has 2 unspecified atom stereocenters. The van der Waals surface area contributed by atoms with Crippen molar-refractivity contribution in [3.8, 4) is 0 Å². The molecule has 0 bridgehead atoms. The second kappa shape index (κ2) is 6.63. The Bertz CT molecular complexity index is 341. The van der Waals surface area contributed by atoms with E-state index in [1.807, 2.05) is 12.1 Å². The Morgan fingerprint density at radius 1 is 1.38 bits per heavy atom.